The third-order valence-corrected chi connectivity index (χ3v) is 5.03. The van der Waals surface area contributed by atoms with Crippen LogP contribution in [0.25, 0.3) is 22.8 Å². The first-order valence-corrected chi connectivity index (χ1v) is 10.1. The molecule has 1 amide bonds. The van der Waals surface area contributed by atoms with Crippen molar-refractivity contribution in [3.8, 4) is 22.8 Å². The van der Waals surface area contributed by atoms with Crippen molar-refractivity contribution in [3.05, 3.63) is 90.0 Å². The van der Waals surface area contributed by atoms with Gasteiger partial charge >= 0.3 is 0 Å². The second-order valence-corrected chi connectivity index (χ2v) is 7.16. The van der Waals surface area contributed by atoms with E-state index < -0.39 is 0 Å². The molecule has 5 heteroatoms. The van der Waals surface area contributed by atoms with Crippen LogP contribution in [0.4, 0.5) is 5.69 Å². The predicted molar refractivity (Wildman–Crippen MR) is 120 cm³/mol. The number of carbonyl (C=O) groups is 1. The first kappa shape index (κ1) is 19.6. The summed E-state index contributed by atoms with van der Waals surface area (Å²) in [5.74, 6) is 1.15. The number of aryl methyl sites for hydroxylation is 2. The fourth-order valence-corrected chi connectivity index (χ4v) is 3.48. The lowest BCUT2D eigenvalue weighted by atomic mass is 10.1. The highest BCUT2D eigenvalue weighted by Crippen LogP contribution is 2.24. The molecule has 30 heavy (non-hydrogen) atoms. The van der Waals surface area contributed by atoms with Gasteiger partial charge in [0.2, 0.25) is 5.91 Å². The molecule has 0 aliphatic carbocycles. The van der Waals surface area contributed by atoms with Crippen LogP contribution in [-0.2, 0) is 17.8 Å². The van der Waals surface area contributed by atoms with Gasteiger partial charge in [-0.1, -0.05) is 85.8 Å². The molecular weight excluding hydrogens is 372 g/mol. The fourth-order valence-electron chi connectivity index (χ4n) is 3.48. The summed E-state index contributed by atoms with van der Waals surface area (Å²) in [4.78, 5) is 17.7. The number of rotatable bonds is 6. The van der Waals surface area contributed by atoms with Crippen LogP contribution < -0.4 is 5.32 Å². The van der Waals surface area contributed by atoms with Crippen LogP contribution in [-0.4, -0.2) is 20.7 Å². The quantitative estimate of drug-likeness (QED) is 0.492. The molecule has 5 nitrogen and oxygen atoms in total. The lowest BCUT2D eigenvalue weighted by Gasteiger charge is -2.13. The Bertz CT molecular complexity index is 1150. The minimum absolute atomic E-state index is 0.0849. The fraction of sp³-hybridized carbons (Fsp3) is 0.160. The normalized spacial score (nSPS) is 10.7. The number of para-hydroxylation sites is 1. The zero-order valence-corrected chi connectivity index (χ0v) is 17.2. The molecule has 0 unspecified atom stereocenters. The zero-order valence-electron chi connectivity index (χ0n) is 17.2. The number of nitrogens with zero attached hydrogens (tertiary/aromatic N) is 3. The third kappa shape index (κ3) is 4.15. The number of anilines is 1. The standard InChI is InChI=1S/C25H24N4O/c1-3-19-16-10-11-18(2)23(19)26-22(30)17-29-25(21-14-8-5-9-15-21)27-24(28-29)20-12-6-4-7-13-20/h4-16H,3,17H2,1-2H3,(H,26,30). The van der Waals surface area contributed by atoms with Crippen molar-refractivity contribution in [1.29, 1.82) is 0 Å². The molecule has 0 aliphatic heterocycles. The summed E-state index contributed by atoms with van der Waals surface area (Å²) in [5, 5.41) is 7.73. The molecule has 3 aromatic carbocycles. The largest absolute Gasteiger partial charge is 0.324 e. The van der Waals surface area contributed by atoms with Crippen molar-refractivity contribution >= 4 is 11.6 Å². The molecule has 0 spiro atoms. The van der Waals surface area contributed by atoms with Gasteiger partial charge in [-0.2, -0.15) is 0 Å². The van der Waals surface area contributed by atoms with Crippen LogP contribution in [0.3, 0.4) is 0 Å². The summed E-state index contributed by atoms with van der Waals surface area (Å²) in [7, 11) is 0. The van der Waals surface area contributed by atoms with Crippen molar-refractivity contribution in [2.24, 2.45) is 0 Å². The molecule has 4 rings (SSSR count). The van der Waals surface area contributed by atoms with Gasteiger partial charge in [0, 0.05) is 16.8 Å². The van der Waals surface area contributed by atoms with Gasteiger partial charge in [0.05, 0.1) is 0 Å². The van der Waals surface area contributed by atoms with Crippen LogP contribution in [0.1, 0.15) is 18.1 Å². The monoisotopic (exact) mass is 396 g/mol. The molecule has 150 valence electrons. The lowest BCUT2D eigenvalue weighted by molar-refractivity contribution is -0.116. The van der Waals surface area contributed by atoms with Gasteiger partial charge < -0.3 is 5.32 Å². The summed E-state index contributed by atoms with van der Waals surface area (Å²) in [6, 6.07) is 25.7. The summed E-state index contributed by atoms with van der Waals surface area (Å²) < 4.78 is 1.68. The Kier molecular flexibility index (Phi) is 5.70. The Morgan fingerprint density at radius 1 is 0.900 bits per heavy atom. The molecule has 0 bridgehead atoms. The van der Waals surface area contributed by atoms with E-state index in [1.165, 1.54) is 0 Å². The Morgan fingerprint density at radius 3 is 2.23 bits per heavy atom. The van der Waals surface area contributed by atoms with Crippen LogP contribution in [0.2, 0.25) is 0 Å². The van der Waals surface area contributed by atoms with E-state index in [4.69, 9.17) is 4.98 Å². The highest BCUT2D eigenvalue weighted by atomic mass is 16.2. The summed E-state index contributed by atoms with van der Waals surface area (Å²) in [5.41, 5.74) is 4.89. The maximum Gasteiger partial charge on any atom is 0.246 e. The van der Waals surface area contributed by atoms with Crippen molar-refractivity contribution < 1.29 is 4.79 Å². The maximum atomic E-state index is 12.9. The Morgan fingerprint density at radius 2 is 1.57 bits per heavy atom. The topological polar surface area (TPSA) is 59.8 Å². The number of amides is 1. The summed E-state index contributed by atoms with van der Waals surface area (Å²) in [6.45, 7) is 4.18. The van der Waals surface area contributed by atoms with Crippen molar-refractivity contribution in [2.45, 2.75) is 26.8 Å². The number of aromatic nitrogens is 3. The van der Waals surface area contributed by atoms with E-state index in [0.29, 0.717) is 11.6 Å². The van der Waals surface area contributed by atoms with E-state index >= 15 is 0 Å². The van der Waals surface area contributed by atoms with Crippen molar-refractivity contribution in [3.63, 3.8) is 0 Å². The van der Waals surface area contributed by atoms with Gasteiger partial charge in [-0.05, 0) is 24.5 Å². The Labute approximate surface area is 176 Å². The first-order valence-electron chi connectivity index (χ1n) is 10.1. The highest BCUT2D eigenvalue weighted by Gasteiger charge is 2.17. The van der Waals surface area contributed by atoms with Gasteiger partial charge in [0.25, 0.3) is 0 Å². The predicted octanol–water partition coefficient (Wildman–Crippen LogP) is 5.12. The number of carbonyl (C=O) groups excluding carboxylic acids is 1. The average molecular weight is 396 g/mol. The number of benzene rings is 3. The van der Waals surface area contributed by atoms with Gasteiger partial charge in [0.15, 0.2) is 11.6 Å². The third-order valence-electron chi connectivity index (χ3n) is 5.03. The Balaban J connectivity index is 1.66. The average Bonchev–Trinajstić information content (AvgIpc) is 3.20. The van der Waals surface area contributed by atoms with E-state index in [1.807, 2.05) is 85.8 Å². The molecule has 1 aromatic heterocycles. The molecule has 0 radical (unpaired) electrons. The van der Waals surface area contributed by atoms with E-state index in [1.54, 1.807) is 4.68 Å². The van der Waals surface area contributed by atoms with Crippen molar-refractivity contribution in [1.82, 2.24) is 14.8 Å². The van der Waals surface area contributed by atoms with Crippen LogP contribution in [0, 0.1) is 6.92 Å². The molecule has 1 N–H and O–H groups in total. The smallest absolute Gasteiger partial charge is 0.246 e. The second kappa shape index (κ2) is 8.74. The molecule has 0 fully saturated rings. The second-order valence-electron chi connectivity index (χ2n) is 7.16. The van der Waals surface area contributed by atoms with Gasteiger partial charge in [-0.25, -0.2) is 9.67 Å². The minimum Gasteiger partial charge on any atom is -0.324 e. The Hall–Kier alpha value is -3.73. The van der Waals surface area contributed by atoms with E-state index in [-0.39, 0.29) is 12.5 Å². The van der Waals surface area contributed by atoms with Crippen LogP contribution >= 0.6 is 0 Å². The van der Waals surface area contributed by atoms with E-state index in [0.717, 1.165) is 34.4 Å². The number of nitrogens with one attached hydrogen (secondary N) is 1. The minimum atomic E-state index is -0.124. The van der Waals surface area contributed by atoms with Crippen molar-refractivity contribution in [2.75, 3.05) is 5.32 Å². The molecular formula is C25H24N4O. The molecule has 4 aromatic rings. The SMILES string of the molecule is CCc1cccc(C)c1NC(=O)Cn1nc(-c2ccccc2)nc1-c1ccccc1. The summed E-state index contributed by atoms with van der Waals surface area (Å²) in [6.07, 6.45) is 0.855. The number of hydrogen-bond acceptors (Lipinski definition) is 3. The molecule has 0 atom stereocenters. The van der Waals surface area contributed by atoms with E-state index in [9.17, 15) is 4.79 Å². The van der Waals surface area contributed by atoms with Gasteiger partial charge in [0.1, 0.15) is 6.54 Å². The summed E-state index contributed by atoms with van der Waals surface area (Å²) >= 11 is 0. The van der Waals surface area contributed by atoms with Gasteiger partial charge in [-0.3, -0.25) is 4.79 Å². The highest BCUT2D eigenvalue weighted by molar-refractivity contribution is 5.92. The molecule has 0 saturated heterocycles. The molecule has 0 aliphatic rings. The number of hydrogen-bond donors (Lipinski definition) is 1. The zero-order chi connectivity index (χ0) is 20.9. The lowest BCUT2D eigenvalue weighted by Crippen LogP contribution is -2.21. The van der Waals surface area contributed by atoms with E-state index in [2.05, 4.69) is 17.3 Å². The molecule has 0 saturated carbocycles. The van der Waals surface area contributed by atoms with Crippen LogP contribution in [0.15, 0.2) is 78.9 Å². The first-order chi connectivity index (χ1) is 14.7. The maximum absolute atomic E-state index is 12.9. The van der Waals surface area contributed by atoms with Gasteiger partial charge in [-0.15, -0.1) is 5.10 Å². The van der Waals surface area contributed by atoms with Crippen LogP contribution in [0.5, 0.6) is 0 Å². The molecule has 1 heterocycles.